The highest BCUT2D eigenvalue weighted by atomic mass is 35.5. The summed E-state index contributed by atoms with van der Waals surface area (Å²) in [5.74, 6) is -0.131. The summed E-state index contributed by atoms with van der Waals surface area (Å²) in [6, 6.07) is 15.2. The maximum atomic E-state index is 13.4. The minimum Gasteiger partial charge on any atom is -0.352 e. The molecule has 2 aromatic rings. The van der Waals surface area contributed by atoms with Crippen molar-refractivity contribution in [1.82, 2.24) is 10.2 Å². The number of nitrogens with zero attached hydrogens (tertiary/aromatic N) is 1. The molecule has 4 nitrogen and oxygen atoms in total. The quantitative estimate of drug-likeness (QED) is 0.593. The zero-order valence-electron chi connectivity index (χ0n) is 18.6. The largest absolute Gasteiger partial charge is 0.352 e. The van der Waals surface area contributed by atoms with Crippen LogP contribution in [-0.2, 0) is 22.6 Å². The van der Waals surface area contributed by atoms with Gasteiger partial charge >= 0.3 is 0 Å². The van der Waals surface area contributed by atoms with E-state index < -0.39 is 6.04 Å². The van der Waals surface area contributed by atoms with Gasteiger partial charge in [0.15, 0.2) is 0 Å². The first kappa shape index (κ1) is 23.3. The number of carbonyl (C=O) groups excluding carboxylic acids is 2. The first-order chi connectivity index (χ1) is 15.0. The molecule has 166 valence electrons. The zero-order chi connectivity index (χ0) is 22.2. The lowest BCUT2D eigenvalue weighted by Crippen LogP contribution is -2.52. The standard InChI is InChI=1S/C26H33ClN2O2/c1-3-24(26(31)28-22-10-5-4-6-11-22)29(18-20-15-13-19(2)14-16-20)25(30)17-21-9-7-8-12-23(21)27/h7-9,12-16,22,24H,3-6,10-11,17-18H2,1-2H3,(H,28,31). The van der Waals surface area contributed by atoms with E-state index in [-0.39, 0.29) is 24.3 Å². The van der Waals surface area contributed by atoms with Gasteiger partial charge in [-0.3, -0.25) is 9.59 Å². The molecule has 1 unspecified atom stereocenters. The first-order valence-electron chi connectivity index (χ1n) is 11.4. The second-order valence-electron chi connectivity index (χ2n) is 8.54. The molecular weight excluding hydrogens is 408 g/mol. The number of hydrogen-bond acceptors (Lipinski definition) is 2. The molecule has 1 fully saturated rings. The molecule has 31 heavy (non-hydrogen) atoms. The summed E-state index contributed by atoms with van der Waals surface area (Å²) >= 11 is 6.31. The molecule has 0 heterocycles. The molecule has 1 aliphatic carbocycles. The summed E-state index contributed by atoms with van der Waals surface area (Å²) in [6.07, 6.45) is 6.33. The average molecular weight is 441 g/mol. The van der Waals surface area contributed by atoms with Gasteiger partial charge in [-0.25, -0.2) is 0 Å². The van der Waals surface area contributed by atoms with Crippen LogP contribution in [0.3, 0.4) is 0 Å². The first-order valence-corrected chi connectivity index (χ1v) is 11.7. The molecule has 1 N–H and O–H groups in total. The lowest BCUT2D eigenvalue weighted by molar-refractivity contribution is -0.141. The Bertz CT molecular complexity index is 875. The molecule has 1 atom stereocenters. The van der Waals surface area contributed by atoms with Crippen LogP contribution in [0.1, 0.15) is 62.1 Å². The Balaban J connectivity index is 1.81. The number of hydrogen-bond donors (Lipinski definition) is 1. The fourth-order valence-corrected chi connectivity index (χ4v) is 4.46. The average Bonchev–Trinajstić information content (AvgIpc) is 2.77. The predicted octanol–water partition coefficient (Wildman–Crippen LogP) is 5.45. The second kappa shape index (κ2) is 11.3. The number of benzene rings is 2. The smallest absolute Gasteiger partial charge is 0.243 e. The van der Waals surface area contributed by atoms with Crippen molar-refractivity contribution in [2.45, 2.75) is 77.4 Å². The molecule has 0 aliphatic heterocycles. The molecule has 0 saturated heterocycles. The van der Waals surface area contributed by atoms with Crippen molar-refractivity contribution in [1.29, 1.82) is 0 Å². The summed E-state index contributed by atoms with van der Waals surface area (Å²) in [6.45, 7) is 4.41. The van der Waals surface area contributed by atoms with Crippen LogP contribution in [0.4, 0.5) is 0 Å². The van der Waals surface area contributed by atoms with E-state index in [4.69, 9.17) is 11.6 Å². The highest BCUT2D eigenvalue weighted by Crippen LogP contribution is 2.21. The number of halogens is 1. The zero-order valence-corrected chi connectivity index (χ0v) is 19.3. The molecule has 5 heteroatoms. The van der Waals surface area contributed by atoms with Crippen LogP contribution >= 0.6 is 11.6 Å². The van der Waals surface area contributed by atoms with Crippen LogP contribution in [0.5, 0.6) is 0 Å². The minimum atomic E-state index is -0.502. The molecule has 0 radical (unpaired) electrons. The van der Waals surface area contributed by atoms with Crippen LogP contribution in [0, 0.1) is 6.92 Å². The van der Waals surface area contributed by atoms with Crippen molar-refractivity contribution >= 4 is 23.4 Å². The molecule has 1 aliphatic rings. The third-order valence-electron chi connectivity index (χ3n) is 6.11. The SMILES string of the molecule is CCC(C(=O)NC1CCCCC1)N(Cc1ccc(C)cc1)C(=O)Cc1ccccc1Cl. The van der Waals surface area contributed by atoms with E-state index in [1.54, 1.807) is 11.0 Å². The van der Waals surface area contributed by atoms with Crippen molar-refractivity contribution in [3.05, 3.63) is 70.2 Å². The van der Waals surface area contributed by atoms with Crippen molar-refractivity contribution in [2.75, 3.05) is 0 Å². The van der Waals surface area contributed by atoms with E-state index in [1.165, 1.54) is 12.0 Å². The monoisotopic (exact) mass is 440 g/mol. The normalized spacial score (nSPS) is 15.3. The maximum absolute atomic E-state index is 13.4. The van der Waals surface area contributed by atoms with Gasteiger partial charge in [-0.1, -0.05) is 85.8 Å². The highest BCUT2D eigenvalue weighted by molar-refractivity contribution is 6.31. The Morgan fingerprint density at radius 1 is 1.06 bits per heavy atom. The van der Waals surface area contributed by atoms with Gasteiger partial charge in [-0.15, -0.1) is 0 Å². The van der Waals surface area contributed by atoms with Crippen LogP contribution in [0.25, 0.3) is 0 Å². The van der Waals surface area contributed by atoms with Crippen molar-refractivity contribution in [2.24, 2.45) is 0 Å². The second-order valence-corrected chi connectivity index (χ2v) is 8.95. The van der Waals surface area contributed by atoms with E-state index in [0.29, 0.717) is 18.0 Å². The third-order valence-corrected chi connectivity index (χ3v) is 6.48. The van der Waals surface area contributed by atoms with E-state index in [2.05, 4.69) is 5.32 Å². The summed E-state index contributed by atoms with van der Waals surface area (Å²) < 4.78 is 0. The fourth-order valence-electron chi connectivity index (χ4n) is 4.26. The number of nitrogens with one attached hydrogen (secondary N) is 1. The topological polar surface area (TPSA) is 49.4 Å². The number of carbonyl (C=O) groups is 2. The van der Waals surface area contributed by atoms with E-state index in [1.807, 2.05) is 56.3 Å². The van der Waals surface area contributed by atoms with E-state index in [9.17, 15) is 9.59 Å². The molecule has 0 bridgehead atoms. The Labute approximate surface area is 191 Å². The van der Waals surface area contributed by atoms with Crippen LogP contribution < -0.4 is 5.32 Å². The molecule has 2 amide bonds. The predicted molar refractivity (Wildman–Crippen MR) is 126 cm³/mol. The van der Waals surface area contributed by atoms with Crippen molar-refractivity contribution < 1.29 is 9.59 Å². The lowest BCUT2D eigenvalue weighted by Gasteiger charge is -2.33. The van der Waals surface area contributed by atoms with Gasteiger partial charge in [-0.2, -0.15) is 0 Å². The van der Waals surface area contributed by atoms with Gasteiger partial charge in [0.2, 0.25) is 11.8 Å². The Hall–Kier alpha value is -2.33. The van der Waals surface area contributed by atoms with Crippen LogP contribution in [0.2, 0.25) is 5.02 Å². The van der Waals surface area contributed by atoms with Crippen molar-refractivity contribution in [3.63, 3.8) is 0 Å². The summed E-state index contributed by atoms with van der Waals surface area (Å²) in [5, 5.41) is 3.79. The Morgan fingerprint density at radius 2 is 1.74 bits per heavy atom. The summed E-state index contributed by atoms with van der Waals surface area (Å²) in [7, 11) is 0. The Kier molecular flexibility index (Phi) is 8.53. The number of aryl methyl sites for hydroxylation is 1. The summed E-state index contributed by atoms with van der Waals surface area (Å²) in [4.78, 5) is 28.4. The molecular formula is C26H33ClN2O2. The fraction of sp³-hybridized carbons (Fsp3) is 0.462. The Morgan fingerprint density at radius 3 is 2.39 bits per heavy atom. The molecule has 0 spiro atoms. The molecule has 2 aromatic carbocycles. The minimum absolute atomic E-state index is 0.0472. The van der Waals surface area contributed by atoms with E-state index in [0.717, 1.165) is 36.8 Å². The molecule has 3 rings (SSSR count). The van der Waals surface area contributed by atoms with Gasteiger partial charge in [0, 0.05) is 17.6 Å². The molecule has 0 aromatic heterocycles. The third kappa shape index (κ3) is 6.57. The van der Waals surface area contributed by atoms with Crippen LogP contribution in [-0.4, -0.2) is 28.8 Å². The highest BCUT2D eigenvalue weighted by Gasteiger charge is 2.30. The maximum Gasteiger partial charge on any atom is 0.243 e. The summed E-state index contributed by atoms with van der Waals surface area (Å²) in [5.41, 5.74) is 2.97. The van der Waals surface area contributed by atoms with Gasteiger partial charge in [-0.05, 0) is 43.4 Å². The van der Waals surface area contributed by atoms with Crippen molar-refractivity contribution in [3.8, 4) is 0 Å². The van der Waals surface area contributed by atoms with E-state index >= 15 is 0 Å². The van der Waals surface area contributed by atoms with Gasteiger partial charge in [0.25, 0.3) is 0 Å². The number of amides is 2. The van der Waals surface area contributed by atoms with Gasteiger partial charge in [0.05, 0.1) is 6.42 Å². The van der Waals surface area contributed by atoms with Gasteiger partial charge in [0.1, 0.15) is 6.04 Å². The van der Waals surface area contributed by atoms with Gasteiger partial charge < -0.3 is 10.2 Å². The lowest BCUT2D eigenvalue weighted by atomic mass is 9.95. The molecule has 1 saturated carbocycles. The number of rotatable bonds is 8. The van der Waals surface area contributed by atoms with Crippen LogP contribution in [0.15, 0.2) is 48.5 Å².